The van der Waals surface area contributed by atoms with Crippen LogP contribution in [-0.2, 0) is 24.9 Å². The smallest absolute Gasteiger partial charge is 0.191 e. The lowest BCUT2D eigenvalue weighted by molar-refractivity contribution is 0.145. The van der Waals surface area contributed by atoms with Crippen LogP contribution in [0.25, 0.3) is 5.69 Å². The average molecular weight is 439 g/mol. The van der Waals surface area contributed by atoms with Gasteiger partial charge >= 0.3 is 0 Å². The third-order valence-corrected chi connectivity index (χ3v) is 5.20. The second-order valence-corrected chi connectivity index (χ2v) is 7.69. The molecule has 3 aromatic rings. The van der Waals surface area contributed by atoms with Crippen molar-refractivity contribution in [1.29, 1.82) is 0 Å². The summed E-state index contributed by atoms with van der Waals surface area (Å²) >= 11 is 0. The SMILES string of the molecule is CCOCCCNC(=NCc1ccccc1-n1nc(C)cc1C)NCc1nnc(C)n1C. The molecule has 172 valence electrons. The van der Waals surface area contributed by atoms with Gasteiger partial charge in [-0.1, -0.05) is 18.2 Å². The van der Waals surface area contributed by atoms with Crippen molar-refractivity contribution in [3.05, 3.63) is 58.9 Å². The minimum atomic E-state index is 0.521. The third-order valence-electron chi connectivity index (χ3n) is 5.20. The van der Waals surface area contributed by atoms with Crippen LogP contribution >= 0.6 is 0 Å². The first-order valence-corrected chi connectivity index (χ1v) is 11.1. The highest BCUT2D eigenvalue weighted by molar-refractivity contribution is 5.79. The van der Waals surface area contributed by atoms with E-state index in [-0.39, 0.29) is 0 Å². The first kappa shape index (κ1) is 23.5. The predicted molar refractivity (Wildman–Crippen MR) is 126 cm³/mol. The van der Waals surface area contributed by atoms with Crippen LogP contribution in [0.15, 0.2) is 35.3 Å². The number of hydrogen-bond acceptors (Lipinski definition) is 5. The lowest BCUT2D eigenvalue weighted by Gasteiger charge is -2.14. The minimum Gasteiger partial charge on any atom is -0.382 e. The third kappa shape index (κ3) is 6.16. The van der Waals surface area contributed by atoms with Crippen molar-refractivity contribution >= 4 is 5.96 Å². The summed E-state index contributed by atoms with van der Waals surface area (Å²) in [6.07, 6.45) is 0.903. The lowest BCUT2D eigenvalue weighted by atomic mass is 10.2. The Bertz CT molecular complexity index is 1040. The van der Waals surface area contributed by atoms with Gasteiger partial charge in [-0.15, -0.1) is 10.2 Å². The van der Waals surface area contributed by atoms with Crippen molar-refractivity contribution in [2.24, 2.45) is 12.0 Å². The monoisotopic (exact) mass is 438 g/mol. The number of aryl methyl sites for hydroxylation is 3. The van der Waals surface area contributed by atoms with Crippen LogP contribution in [0.2, 0.25) is 0 Å². The van der Waals surface area contributed by atoms with Gasteiger partial charge in [-0.05, 0) is 51.8 Å². The zero-order valence-corrected chi connectivity index (χ0v) is 19.7. The fourth-order valence-electron chi connectivity index (χ4n) is 3.36. The van der Waals surface area contributed by atoms with Crippen LogP contribution < -0.4 is 10.6 Å². The maximum atomic E-state index is 5.44. The Hall–Kier alpha value is -3.20. The molecular formula is C23H34N8O. The van der Waals surface area contributed by atoms with Crippen LogP contribution in [0.3, 0.4) is 0 Å². The van der Waals surface area contributed by atoms with Crippen LogP contribution in [0, 0.1) is 20.8 Å². The summed E-state index contributed by atoms with van der Waals surface area (Å²) in [6.45, 7) is 11.3. The molecule has 1 aromatic carbocycles. The molecule has 0 bridgehead atoms. The molecule has 0 aliphatic carbocycles. The number of nitrogens with one attached hydrogen (secondary N) is 2. The second-order valence-electron chi connectivity index (χ2n) is 7.69. The molecule has 2 aromatic heterocycles. The summed E-state index contributed by atoms with van der Waals surface area (Å²) in [5.74, 6) is 2.46. The zero-order chi connectivity index (χ0) is 22.9. The normalized spacial score (nSPS) is 11.7. The van der Waals surface area contributed by atoms with Gasteiger partial charge in [0.1, 0.15) is 5.82 Å². The molecule has 0 aliphatic heterocycles. The van der Waals surface area contributed by atoms with E-state index in [9.17, 15) is 0 Å². The molecule has 9 heteroatoms. The maximum Gasteiger partial charge on any atom is 0.191 e. The van der Waals surface area contributed by atoms with E-state index in [1.165, 1.54) is 0 Å². The molecule has 0 aliphatic rings. The molecule has 32 heavy (non-hydrogen) atoms. The highest BCUT2D eigenvalue weighted by Gasteiger charge is 2.10. The Kier molecular flexibility index (Phi) is 8.38. The Labute approximate surface area is 189 Å². The van der Waals surface area contributed by atoms with Crippen molar-refractivity contribution in [1.82, 2.24) is 35.2 Å². The maximum absolute atomic E-state index is 5.44. The van der Waals surface area contributed by atoms with E-state index in [0.29, 0.717) is 13.1 Å². The lowest BCUT2D eigenvalue weighted by Crippen LogP contribution is -2.38. The van der Waals surface area contributed by atoms with Crippen molar-refractivity contribution in [2.45, 2.75) is 47.2 Å². The number of hydrogen-bond donors (Lipinski definition) is 2. The summed E-state index contributed by atoms with van der Waals surface area (Å²) in [6, 6.07) is 10.3. The van der Waals surface area contributed by atoms with Gasteiger partial charge in [0.15, 0.2) is 11.8 Å². The molecule has 2 heterocycles. The Morgan fingerprint density at radius 2 is 1.94 bits per heavy atom. The van der Waals surface area contributed by atoms with E-state index in [0.717, 1.165) is 66.4 Å². The number of benzene rings is 1. The standard InChI is InChI=1S/C23H34N8O/c1-6-32-13-9-12-24-23(26-16-22-28-27-19(4)30(22)5)25-15-20-10-7-8-11-21(20)31-18(3)14-17(2)29-31/h7-8,10-11,14H,6,9,12-13,15-16H2,1-5H3,(H2,24,25,26). The molecule has 0 amide bonds. The number of aliphatic imine (C=N–C) groups is 1. The van der Waals surface area contributed by atoms with Crippen LogP contribution in [0.1, 0.15) is 41.9 Å². The molecule has 0 radical (unpaired) electrons. The number of ether oxygens (including phenoxy) is 1. The molecule has 0 spiro atoms. The van der Waals surface area contributed by atoms with E-state index < -0.39 is 0 Å². The second kappa shape index (κ2) is 11.4. The van der Waals surface area contributed by atoms with E-state index in [2.05, 4.69) is 51.1 Å². The van der Waals surface area contributed by atoms with Crippen LogP contribution in [0.4, 0.5) is 0 Å². The number of guanidine groups is 1. The number of rotatable bonds is 10. The highest BCUT2D eigenvalue weighted by atomic mass is 16.5. The highest BCUT2D eigenvalue weighted by Crippen LogP contribution is 2.17. The van der Waals surface area contributed by atoms with E-state index >= 15 is 0 Å². The minimum absolute atomic E-state index is 0.521. The Morgan fingerprint density at radius 3 is 2.62 bits per heavy atom. The van der Waals surface area contributed by atoms with Gasteiger partial charge in [0.25, 0.3) is 0 Å². The number of para-hydroxylation sites is 1. The fraction of sp³-hybridized carbons (Fsp3) is 0.478. The summed E-state index contributed by atoms with van der Waals surface area (Å²) in [7, 11) is 1.96. The molecule has 3 rings (SSSR count). The van der Waals surface area contributed by atoms with Crippen LogP contribution in [-0.4, -0.2) is 50.3 Å². The molecule has 0 saturated carbocycles. The number of nitrogens with zero attached hydrogens (tertiary/aromatic N) is 6. The molecule has 9 nitrogen and oxygen atoms in total. The van der Waals surface area contributed by atoms with E-state index in [1.807, 2.05) is 49.2 Å². The van der Waals surface area contributed by atoms with Crippen molar-refractivity contribution in [2.75, 3.05) is 19.8 Å². The fourth-order valence-corrected chi connectivity index (χ4v) is 3.36. The Morgan fingerprint density at radius 1 is 1.12 bits per heavy atom. The average Bonchev–Trinajstić information content (AvgIpc) is 3.29. The van der Waals surface area contributed by atoms with Gasteiger partial charge in [-0.25, -0.2) is 9.67 Å². The molecule has 0 atom stereocenters. The first-order chi connectivity index (χ1) is 15.5. The largest absolute Gasteiger partial charge is 0.382 e. The van der Waals surface area contributed by atoms with Crippen molar-refractivity contribution in [3.63, 3.8) is 0 Å². The van der Waals surface area contributed by atoms with Gasteiger partial charge in [-0.2, -0.15) is 5.10 Å². The summed E-state index contributed by atoms with van der Waals surface area (Å²) < 4.78 is 9.39. The Balaban J connectivity index is 1.74. The number of aromatic nitrogens is 5. The van der Waals surface area contributed by atoms with Gasteiger partial charge in [0, 0.05) is 32.5 Å². The van der Waals surface area contributed by atoms with E-state index in [1.54, 1.807) is 0 Å². The van der Waals surface area contributed by atoms with Crippen LogP contribution in [0.5, 0.6) is 0 Å². The van der Waals surface area contributed by atoms with Gasteiger partial charge < -0.3 is 19.9 Å². The van der Waals surface area contributed by atoms with Gasteiger partial charge in [0.05, 0.1) is 24.5 Å². The van der Waals surface area contributed by atoms with Gasteiger partial charge in [0.2, 0.25) is 0 Å². The summed E-state index contributed by atoms with van der Waals surface area (Å²) in [5.41, 5.74) is 4.24. The molecule has 0 saturated heterocycles. The summed E-state index contributed by atoms with van der Waals surface area (Å²) in [4.78, 5) is 4.84. The first-order valence-electron chi connectivity index (χ1n) is 11.1. The quantitative estimate of drug-likeness (QED) is 0.287. The molecular weight excluding hydrogens is 404 g/mol. The topological polar surface area (TPSA) is 94.2 Å². The van der Waals surface area contributed by atoms with Gasteiger partial charge in [-0.3, -0.25) is 0 Å². The molecule has 0 fully saturated rings. The molecule has 2 N–H and O–H groups in total. The van der Waals surface area contributed by atoms with E-state index in [4.69, 9.17) is 9.73 Å². The predicted octanol–water partition coefficient (Wildman–Crippen LogP) is 2.59. The summed E-state index contributed by atoms with van der Waals surface area (Å²) in [5, 5.41) is 19.8. The molecule has 0 unspecified atom stereocenters. The van der Waals surface area contributed by atoms with Crippen molar-refractivity contribution < 1.29 is 4.74 Å². The van der Waals surface area contributed by atoms with Crippen molar-refractivity contribution in [3.8, 4) is 5.69 Å². The zero-order valence-electron chi connectivity index (χ0n) is 19.7.